The molecule has 0 radical (unpaired) electrons. The number of carbonyl (C=O) groups excluding carboxylic acids is 1. The first kappa shape index (κ1) is 24.2. The predicted octanol–water partition coefficient (Wildman–Crippen LogP) is 3.09. The summed E-state index contributed by atoms with van der Waals surface area (Å²) in [5, 5.41) is 13.0. The van der Waals surface area contributed by atoms with E-state index in [0.717, 1.165) is 22.6 Å². The SMILES string of the molecule is COc1cc(C=O)ccc1OCC(O)CN(Cc1cccc2ccccc12)C1CCS(=O)(=O)C1. The number of aliphatic hydroxyl groups excluding tert-OH is 1. The third-order valence-corrected chi connectivity index (χ3v) is 7.93. The van der Waals surface area contributed by atoms with Gasteiger partial charge in [-0.3, -0.25) is 9.69 Å². The van der Waals surface area contributed by atoms with Crippen LogP contribution in [0.15, 0.2) is 60.7 Å². The van der Waals surface area contributed by atoms with Crippen molar-refractivity contribution < 1.29 is 27.8 Å². The molecule has 0 saturated carbocycles. The fourth-order valence-electron chi connectivity index (χ4n) is 4.44. The summed E-state index contributed by atoms with van der Waals surface area (Å²) in [5.74, 6) is 1.09. The predicted molar refractivity (Wildman–Crippen MR) is 131 cm³/mol. The zero-order valence-corrected chi connectivity index (χ0v) is 19.9. The highest BCUT2D eigenvalue weighted by Gasteiger charge is 2.33. The van der Waals surface area contributed by atoms with Gasteiger partial charge in [0.05, 0.1) is 18.6 Å². The minimum absolute atomic E-state index is 0.00229. The van der Waals surface area contributed by atoms with E-state index >= 15 is 0 Å². The van der Waals surface area contributed by atoms with Gasteiger partial charge in [-0.1, -0.05) is 42.5 Å². The van der Waals surface area contributed by atoms with Crippen molar-refractivity contribution in [2.75, 3.05) is 31.8 Å². The lowest BCUT2D eigenvalue weighted by Crippen LogP contribution is -2.42. The van der Waals surface area contributed by atoms with Crippen LogP contribution in [-0.2, 0) is 16.4 Å². The van der Waals surface area contributed by atoms with Crippen molar-refractivity contribution in [1.82, 2.24) is 4.90 Å². The summed E-state index contributed by atoms with van der Waals surface area (Å²) in [7, 11) is -1.60. The van der Waals surface area contributed by atoms with Crippen LogP contribution >= 0.6 is 0 Å². The van der Waals surface area contributed by atoms with Crippen LogP contribution in [-0.4, -0.2) is 68.6 Å². The van der Waals surface area contributed by atoms with E-state index in [1.807, 2.05) is 29.2 Å². The molecule has 7 nitrogen and oxygen atoms in total. The Bertz CT molecular complexity index is 1250. The summed E-state index contributed by atoms with van der Waals surface area (Å²) in [6.07, 6.45) is 0.414. The van der Waals surface area contributed by atoms with Crippen LogP contribution in [0.4, 0.5) is 0 Å². The number of ether oxygens (including phenoxy) is 2. The van der Waals surface area contributed by atoms with Gasteiger partial charge in [-0.15, -0.1) is 0 Å². The number of hydrogen-bond acceptors (Lipinski definition) is 7. The van der Waals surface area contributed by atoms with E-state index < -0.39 is 15.9 Å². The van der Waals surface area contributed by atoms with Crippen molar-refractivity contribution in [2.24, 2.45) is 0 Å². The normalized spacial score (nSPS) is 18.1. The van der Waals surface area contributed by atoms with Gasteiger partial charge in [-0.2, -0.15) is 0 Å². The summed E-state index contributed by atoms with van der Waals surface area (Å²) in [6, 6.07) is 18.8. The van der Waals surface area contributed by atoms with Crippen molar-refractivity contribution in [3.05, 3.63) is 71.8 Å². The highest BCUT2D eigenvalue weighted by atomic mass is 32.2. The molecule has 1 aliphatic rings. The lowest BCUT2D eigenvalue weighted by molar-refractivity contribution is 0.0518. The smallest absolute Gasteiger partial charge is 0.161 e. The van der Waals surface area contributed by atoms with Gasteiger partial charge in [0.1, 0.15) is 19.0 Å². The van der Waals surface area contributed by atoms with Gasteiger partial charge in [0, 0.05) is 24.7 Å². The fourth-order valence-corrected chi connectivity index (χ4v) is 6.20. The van der Waals surface area contributed by atoms with Gasteiger partial charge in [0.15, 0.2) is 21.3 Å². The van der Waals surface area contributed by atoms with Crippen LogP contribution in [0.5, 0.6) is 11.5 Å². The van der Waals surface area contributed by atoms with Crippen LogP contribution in [0.1, 0.15) is 22.3 Å². The zero-order chi connectivity index (χ0) is 24.1. The number of rotatable bonds is 10. The number of nitrogens with zero attached hydrogens (tertiary/aromatic N) is 1. The van der Waals surface area contributed by atoms with Gasteiger partial charge in [-0.25, -0.2) is 8.42 Å². The Kier molecular flexibility index (Phi) is 7.50. The summed E-state index contributed by atoms with van der Waals surface area (Å²) < 4.78 is 35.4. The summed E-state index contributed by atoms with van der Waals surface area (Å²) in [5.41, 5.74) is 1.55. The molecule has 4 rings (SSSR count). The number of benzene rings is 3. The molecular weight excluding hydrogens is 454 g/mol. The van der Waals surface area contributed by atoms with Crippen LogP contribution in [0, 0.1) is 0 Å². The molecular formula is C26H29NO6S. The van der Waals surface area contributed by atoms with E-state index in [9.17, 15) is 18.3 Å². The molecule has 3 aromatic carbocycles. The molecule has 1 saturated heterocycles. The van der Waals surface area contributed by atoms with E-state index in [1.54, 1.807) is 18.2 Å². The Morgan fingerprint density at radius 1 is 1.12 bits per heavy atom. The Hall–Kier alpha value is -2.94. The van der Waals surface area contributed by atoms with E-state index in [4.69, 9.17) is 9.47 Å². The molecule has 0 aromatic heterocycles. The number of carbonyl (C=O) groups is 1. The molecule has 8 heteroatoms. The largest absolute Gasteiger partial charge is 0.493 e. The lowest BCUT2D eigenvalue weighted by Gasteiger charge is -2.30. The Morgan fingerprint density at radius 2 is 1.91 bits per heavy atom. The zero-order valence-electron chi connectivity index (χ0n) is 19.1. The van der Waals surface area contributed by atoms with Crippen molar-refractivity contribution in [1.29, 1.82) is 0 Å². The summed E-state index contributed by atoms with van der Waals surface area (Å²) in [4.78, 5) is 13.0. The van der Waals surface area contributed by atoms with Crippen LogP contribution in [0.2, 0.25) is 0 Å². The van der Waals surface area contributed by atoms with Gasteiger partial charge in [0.25, 0.3) is 0 Å². The molecule has 0 aliphatic carbocycles. The third-order valence-electron chi connectivity index (χ3n) is 6.18. The molecule has 0 bridgehead atoms. The fraction of sp³-hybridized carbons (Fsp3) is 0.346. The quantitative estimate of drug-likeness (QED) is 0.443. The second kappa shape index (κ2) is 10.5. The number of aliphatic hydroxyl groups is 1. The van der Waals surface area contributed by atoms with Crippen LogP contribution in [0.25, 0.3) is 10.8 Å². The molecule has 2 unspecified atom stereocenters. The number of methoxy groups -OCH3 is 1. The number of sulfone groups is 1. The van der Waals surface area contributed by atoms with E-state index in [1.165, 1.54) is 7.11 Å². The highest BCUT2D eigenvalue weighted by Crippen LogP contribution is 2.28. The molecule has 180 valence electrons. The Balaban J connectivity index is 1.50. The van der Waals surface area contributed by atoms with Crippen molar-refractivity contribution in [3.63, 3.8) is 0 Å². The minimum atomic E-state index is -3.08. The second-order valence-electron chi connectivity index (χ2n) is 8.62. The first-order valence-corrected chi connectivity index (χ1v) is 13.1. The Morgan fingerprint density at radius 3 is 2.65 bits per heavy atom. The van der Waals surface area contributed by atoms with Gasteiger partial charge >= 0.3 is 0 Å². The molecule has 1 aliphatic heterocycles. The monoisotopic (exact) mass is 483 g/mol. The van der Waals surface area contributed by atoms with Crippen molar-refractivity contribution in [2.45, 2.75) is 25.1 Å². The van der Waals surface area contributed by atoms with E-state index in [-0.39, 0.29) is 30.7 Å². The molecule has 2 atom stereocenters. The maximum atomic E-state index is 12.2. The molecule has 1 N–H and O–H groups in total. The van der Waals surface area contributed by atoms with Gasteiger partial charge in [0.2, 0.25) is 0 Å². The number of aldehydes is 1. The van der Waals surface area contributed by atoms with E-state index in [0.29, 0.717) is 30.0 Å². The maximum Gasteiger partial charge on any atom is 0.161 e. The molecule has 3 aromatic rings. The topological polar surface area (TPSA) is 93.1 Å². The molecule has 34 heavy (non-hydrogen) atoms. The highest BCUT2D eigenvalue weighted by molar-refractivity contribution is 7.91. The average Bonchev–Trinajstić information content (AvgIpc) is 3.22. The maximum absolute atomic E-state index is 12.2. The first-order valence-electron chi connectivity index (χ1n) is 11.2. The molecule has 1 heterocycles. The molecule has 0 amide bonds. The van der Waals surface area contributed by atoms with Crippen molar-refractivity contribution in [3.8, 4) is 11.5 Å². The molecule has 0 spiro atoms. The summed E-state index contributed by atoms with van der Waals surface area (Å²) >= 11 is 0. The first-order chi connectivity index (χ1) is 16.4. The van der Waals surface area contributed by atoms with Gasteiger partial charge in [-0.05, 0) is 41.0 Å². The molecule has 1 fully saturated rings. The second-order valence-corrected chi connectivity index (χ2v) is 10.8. The van der Waals surface area contributed by atoms with E-state index in [2.05, 4.69) is 18.2 Å². The van der Waals surface area contributed by atoms with Crippen LogP contribution < -0.4 is 9.47 Å². The summed E-state index contributed by atoms with van der Waals surface area (Å²) in [6.45, 7) is 0.788. The minimum Gasteiger partial charge on any atom is -0.493 e. The number of hydrogen-bond donors (Lipinski definition) is 1. The third kappa shape index (κ3) is 5.75. The average molecular weight is 484 g/mol. The lowest BCUT2D eigenvalue weighted by atomic mass is 10.0. The number of fused-ring (bicyclic) bond motifs is 1. The van der Waals surface area contributed by atoms with Crippen LogP contribution in [0.3, 0.4) is 0 Å². The van der Waals surface area contributed by atoms with Crippen molar-refractivity contribution >= 4 is 26.9 Å². The van der Waals surface area contributed by atoms with Gasteiger partial charge < -0.3 is 14.6 Å². The Labute approximate surface area is 199 Å². The standard InChI is InChI=1S/C26H29NO6S/c1-32-26-13-19(16-28)9-10-25(26)33-17-23(29)15-27(22-11-12-34(30,31)18-22)14-21-7-4-6-20-5-2-3-8-24(20)21/h2-10,13,16,22-23,29H,11-12,14-15,17-18H2,1H3.